The van der Waals surface area contributed by atoms with E-state index in [1.165, 1.54) is 6.42 Å². The van der Waals surface area contributed by atoms with Gasteiger partial charge in [-0.25, -0.2) is 4.90 Å². The summed E-state index contributed by atoms with van der Waals surface area (Å²) in [6, 6.07) is 12.4. The number of aryl methyl sites for hydroxylation is 2. The number of hydrogen-bond donors (Lipinski definition) is 2. The van der Waals surface area contributed by atoms with Gasteiger partial charge in [0.05, 0.1) is 5.69 Å². The first kappa shape index (κ1) is 22.1. The van der Waals surface area contributed by atoms with Gasteiger partial charge in [0.2, 0.25) is 0 Å². The van der Waals surface area contributed by atoms with E-state index in [0.717, 1.165) is 41.7 Å². The van der Waals surface area contributed by atoms with Crippen LogP contribution in [0.5, 0.6) is 0 Å². The molecule has 2 aromatic rings. The third-order valence-electron chi connectivity index (χ3n) is 6.11. The Balaban J connectivity index is 1.51. The van der Waals surface area contributed by atoms with E-state index in [4.69, 9.17) is 11.6 Å². The molecule has 0 unspecified atom stereocenters. The Morgan fingerprint density at radius 3 is 2.44 bits per heavy atom. The number of hydrogen-bond acceptors (Lipinski definition) is 4. The number of anilines is 2. The second-order valence-electron chi connectivity index (χ2n) is 8.42. The van der Waals surface area contributed by atoms with Crippen LogP contribution >= 0.6 is 11.6 Å². The topological polar surface area (TPSA) is 78.5 Å². The molecule has 0 saturated heterocycles. The highest BCUT2D eigenvalue weighted by Gasteiger charge is 2.39. The summed E-state index contributed by atoms with van der Waals surface area (Å²) in [7, 11) is 0. The van der Waals surface area contributed by atoms with E-state index in [-0.39, 0.29) is 22.7 Å². The monoisotopic (exact) mass is 451 g/mol. The number of carbonyl (C=O) groups excluding carboxylic acids is 3. The van der Waals surface area contributed by atoms with Crippen molar-refractivity contribution in [2.75, 3.05) is 10.2 Å². The summed E-state index contributed by atoms with van der Waals surface area (Å²) < 4.78 is 0. The van der Waals surface area contributed by atoms with Crippen LogP contribution in [-0.2, 0) is 9.59 Å². The Morgan fingerprint density at radius 1 is 0.969 bits per heavy atom. The molecule has 2 N–H and O–H groups in total. The fourth-order valence-corrected chi connectivity index (χ4v) is 4.32. The fraction of sp³-hybridized carbons (Fsp3) is 0.320. The summed E-state index contributed by atoms with van der Waals surface area (Å²) in [6.07, 6.45) is 5.47. The van der Waals surface area contributed by atoms with Gasteiger partial charge < -0.3 is 10.6 Å². The molecule has 3 amide bonds. The van der Waals surface area contributed by atoms with Gasteiger partial charge in [-0.15, -0.1) is 0 Å². The first-order valence-electron chi connectivity index (χ1n) is 10.9. The minimum atomic E-state index is -0.575. The minimum absolute atomic E-state index is 0.000247. The molecule has 1 fully saturated rings. The van der Waals surface area contributed by atoms with Crippen molar-refractivity contribution in [2.45, 2.75) is 52.0 Å². The number of carbonyl (C=O) groups is 3. The number of imide groups is 1. The first-order valence-corrected chi connectivity index (χ1v) is 11.3. The van der Waals surface area contributed by atoms with E-state index >= 15 is 0 Å². The zero-order valence-electron chi connectivity index (χ0n) is 18.2. The lowest BCUT2D eigenvalue weighted by molar-refractivity contribution is -0.120. The van der Waals surface area contributed by atoms with Crippen LogP contribution in [0.15, 0.2) is 53.2 Å². The van der Waals surface area contributed by atoms with Crippen LogP contribution in [0.3, 0.4) is 0 Å². The van der Waals surface area contributed by atoms with Gasteiger partial charge in [0, 0.05) is 17.3 Å². The van der Waals surface area contributed by atoms with Crippen molar-refractivity contribution >= 4 is 40.7 Å². The number of benzene rings is 2. The van der Waals surface area contributed by atoms with Crippen LogP contribution in [0.2, 0.25) is 0 Å². The van der Waals surface area contributed by atoms with Gasteiger partial charge in [-0.1, -0.05) is 43.0 Å². The zero-order valence-corrected chi connectivity index (χ0v) is 19.0. The van der Waals surface area contributed by atoms with Crippen molar-refractivity contribution in [3.05, 3.63) is 69.9 Å². The van der Waals surface area contributed by atoms with Crippen molar-refractivity contribution in [1.82, 2.24) is 5.32 Å². The Labute approximate surface area is 192 Å². The lowest BCUT2D eigenvalue weighted by atomic mass is 9.95. The van der Waals surface area contributed by atoms with E-state index in [1.807, 2.05) is 19.9 Å². The lowest BCUT2D eigenvalue weighted by Crippen LogP contribution is -2.36. The Hall–Kier alpha value is -3.12. The standard InChI is InChI=1S/C25H26ClN3O3/c1-15-11-12-20(13-16(15)2)29-24(31)21(26)22(25(29)32)27-19-10-6-7-17(14-19)23(30)28-18-8-4-3-5-9-18/h6-7,10-14,18,27H,3-5,8-9H2,1-2H3,(H,28,30). The lowest BCUT2D eigenvalue weighted by Gasteiger charge is -2.22. The molecule has 6 nitrogen and oxygen atoms in total. The molecule has 1 aliphatic heterocycles. The van der Waals surface area contributed by atoms with Crippen molar-refractivity contribution in [3.63, 3.8) is 0 Å². The Bertz CT molecular complexity index is 1120. The molecule has 166 valence electrons. The number of halogens is 1. The summed E-state index contributed by atoms with van der Waals surface area (Å²) in [6.45, 7) is 3.88. The molecule has 7 heteroatoms. The van der Waals surface area contributed by atoms with Crippen molar-refractivity contribution in [1.29, 1.82) is 0 Å². The van der Waals surface area contributed by atoms with Gasteiger partial charge >= 0.3 is 0 Å². The van der Waals surface area contributed by atoms with Crippen LogP contribution in [0.4, 0.5) is 11.4 Å². The normalized spacial score (nSPS) is 17.2. The van der Waals surface area contributed by atoms with Crippen molar-refractivity contribution in [3.8, 4) is 0 Å². The van der Waals surface area contributed by atoms with Gasteiger partial charge in [0.15, 0.2) is 0 Å². The van der Waals surface area contributed by atoms with Gasteiger partial charge in [0.25, 0.3) is 17.7 Å². The third-order valence-corrected chi connectivity index (χ3v) is 6.46. The van der Waals surface area contributed by atoms with Gasteiger partial charge in [-0.05, 0) is 68.1 Å². The highest BCUT2D eigenvalue weighted by molar-refractivity contribution is 6.53. The summed E-state index contributed by atoms with van der Waals surface area (Å²) in [4.78, 5) is 39.5. The maximum absolute atomic E-state index is 13.0. The molecule has 4 rings (SSSR count). The SMILES string of the molecule is Cc1ccc(N2C(=O)C(Cl)=C(Nc3cccc(C(=O)NC4CCCCC4)c3)C2=O)cc1C. The number of nitrogens with one attached hydrogen (secondary N) is 2. The largest absolute Gasteiger partial charge is 0.350 e. The van der Waals surface area contributed by atoms with Crippen LogP contribution in [-0.4, -0.2) is 23.8 Å². The number of rotatable bonds is 5. The summed E-state index contributed by atoms with van der Waals surface area (Å²) in [5.41, 5.74) is 3.50. The Kier molecular flexibility index (Phi) is 6.33. The number of nitrogens with zero attached hydrogens (tertiary/aromatic N) is 1. The third kappa shape index (κ3) is 4.41. The molecule has 0 atom stereocenters. The van der Waals surface area contributed by atoms with E-state index in [1.54, 1.807) is 36.4 Å². The van der Waals surface area contributed by atoms with Gasteiger partial charge in [-0.2, -0.15) is 0 Å². The molecule has 2 aromatic carbocycles. The fourth-order valence-electron chi connectivity index (χ4n) is 4.11. The van der Waals surface area contributed by atoms with Gasteiger partial charge in [-0.3, -0.25) is 14.4 Å². The average molecular weight is 452 g/mol. The molecule has 0 bridgehead atoms. The first-order chi connectivity index (χ1) is 15.3. The molecule has 1 aliphatic carbocycles. The predicted molar refractivity (Wildman–Crippen MR) is 126 cm³/mol. The number of amides is 3. The molecular formula is C25H26ClN3O3. The molecule has 32 heavy (non-hydrogen) atoms. The van der Waals surface area contributed by atoms with Crippen LogP contribution in [0.25, 0.3) is 0 Å². The summed E-state index contributed by atoms with van der Waals surface area (Å²) in [5.74, 6) is -1.25. The predicted octanol–water partition coefficient (Wildman–Crippen LogP) is 4.80. The molecule has 1 heterocycles. The molecule has 1 saturated carbocycles. The molecule has 0 radical (unpaired) electrons. The minimum Gasteiger partial charge on any atom is -0.350 e. The average Bonchev–Trinajstić information content (AvgIpc) is 3.00. The molecule has 0 spiro atoms. The smallest absolute Gasteiger partial charge is 0.283 e. The van der Waals surface area contributed by atoms with Crippen LogP contribution < -0.4 is 15.5 Å². The maximum Gasteiger partial charge on any atom is 0.283 e. The van der Waals surface area contributed by atoms with E-state index in [0.29, 0.717) is 16.9 Å². The second-order valence-corrected chi connectivity index (χ2v) is 8.80. The van der Waals surface area contributed by atoms with E-state index in [2.05, 4.69) is 10.6 Å². The van der Waals surface area contributed by atoms with E-state index in [9.17, 15) is 14.4 Å². The highest BCUT2D eigenvalue weighted by atomic mass is 35.5. The zero-order chi connectivity index (χ0) is 22.8. The highest BCUT2D eigenvalue weighted by Crippen LogP contribution is 2.31. The molecular weight excluding hydrogens is 426 g/mol. The van der Waals surface area contributed by atoms with Gasteiger partial charge in [0.1, 0.15) is 10.7 Å². The molecule has 0 aromatic heterocycles. The van der Waals surface area contributed by atoms with Crippen LogP contribution in [0.1, 0.15) is 53.6 Å². The quantitative estimate of drug-likeness (QED) is 0.640. The molecule has 2 aliphatic rings. The van der Waals surface area contributed by atoms with Crippen molar-refractivity contribution < 1.29 is 14.4 Å². The van der Waals surface area contributed by atoms with E-state index < -0.39 is 11.8 Å². The summed E-state index contributed by atoms with van der Waals surface area (Å²) >= 11 is 6.25. The second kappa shape index (κ2) is 9.17. The van der Waals surface area contributed by atoms with Crippen molar-refractivity contribution in [2.24, 2.45) is 0 Å². The van der Waals surface area contributed by atoms with Crippen LogP contribution in [0, 0.1) is 13.8 Å². The maximum atomic E-state index is 13.0. The summed E-state index contributed by atoms with van der Waals surface area (Å²) in [5, 5.41) is 5.86. The Morgan fingerprint density at radius 2 is 1.72 bits per heavy atom.